The van der Waals surface area contributed by atoms with Crippen LogP contribution in [0.1, 0.15) is 60.8 Å². The monoisotopic (exact) mass is 274 g/mol. The van der Waals surface area contributed by atoms with Gasteiger partial charge in [0.15, 0.2) is 0 Å². The molecular formula is C16H34O3. The Bertz CT molecular complexity index is 157. The van der Waals surface area contributed by atoms with E-state index in [1.165, 1.54) is 0 Å². The second kappa shape index (κ2) is 11.7. The zero-order valence-electron chi connectivity index (χ0n) is 13.8. The van der Waals surface area contributed by atoms with Crippen molar-refractivity contribution in [3.63, 3.8) is 0 Å². The van der Waals surface area contributed by atoms with E-state index in [4.69, 9.17) is 14.2 Å². The van der Waals surface area contributed by atoms with Crippen LogP contribution in [0.3, 0.4) is 0 Å². The maximum absolute atomic E-state index is 5.67. The smallest absolute Gasteiger partial charge is 0.271 e. The Kier molecular flexibility index (Phi) is 11.6. The van der Waals surface area contributed by atoms with Crippen molar-refractivity contribution in [3.8, 4) is 0 Å². The van der Waals surface area contributed by atoms with Gasteiger partial charge in [-0.05, 0) is 37.0 Å². The predicted octanol–water partition coefficient (Wildman–Crippen LogP) is 4.46. The molecule has 0 radical (unpaired) electrons. The van der Waals surface area contributed by atoms with E-state index in [1.807, 2.05) is 0 Å². The van der Waals surface area contributed by atoms with Gasteiger partial charge in [-0.3, -0.25) is 0 Å². The molecule has 0 heterocycles. The van der Waals surface area contributed by atoms with E-state index in [0.29, 0.717) is 37.6 Å². The minimum Gasteiger partial charge on any atom is -0.330 e. The Hall–Kier alpha value is -0.120. The van der Waals surface area contributed by atoms with Crippen LogP contribution in [0.2, 0.25) is 0 Å². The molecule has 0 rings (SSSR count). The molecule has 0 bridgehead atoms. The topological polar surface area (TPSA) is 27.7 Å². The van der Waals surface area contributed by atoms with Gasteiger partial charge in [-0.15, -0.1) is 0 Å². The molecule has 0 amide bonds. The highest BCUT2D eigenvalue weighted by atomic mass is 16.8. The Morgan fingerprint density at radius 2 is 0.789 bits per heavy atom. The van der Waals surface area contributed by atoms with Crippen molar-refractivity contribution in [1.82, 2.24) is 0 Å². The first kappa shape index (κ1) is 18.9. The van der Waals surface area contributed by atoms with Crippen LogP contribution in [0.4, 0.5) is 0 Å². The zero-order chi connectivity index (χ0) is 14.7. The van der Waals surface area contributed by atoms with Gasteiger partial charge in [-0.1, -0.05) is 41.5 Å². The number of hydrogen-bond acceptors (Lipinski definition) is 3. The molecule has 3 nitrogen and oxygen atoms in total. The quantitative estimate of drug-likeness (QED) is 0.492. The first-order valence-electron chi connectivity index (χ1n) is 7.76. The van der Waals surface area contributed by atoms with Gasteiger partial charge in [-0.2, -0.15) is 0 Å². The number of rotatable bonds is 12. The summed E-state index contributed by atoms with van der Waals surface area (Å²) < 4.78 is 17.0. The van der Waals surface area contributed by atoms with E-state index in [1.54, 1.807) is 0 Å². The molecule has 0 aliphatic carbocycles. The fourth-order valence-electron chi connectivity index (χ4n) is 1.34. The van der Waals surface area contributed by atoms with Crippen molar-refractivity contribution < 1.29 is 14.2 Å². The summed E-state index contributed by atoms with van der Waals surface area (Å²) in [5, 5.41) is 0. The van der Waals surface area contributed by atoms with Crippen molar-refractivity contribution >= 4 is 0 Å². The SMILES string of the molecule is CC(C)CCOC(OCCC(C)C)OCCC(C)C. The maximum Gasteiger partial charge on any atom is 0.271 e. The lowest BCUT2D eigenvalue weighted by Gasteiger charge is -2.20. The van der Waals surface area contributed by atoms with Gasteiger partial charge in [0, 0.05) is 0 Å². The Morgan fingerprint density at radius 1 is 0.526 bits per heavy atom. The van der Waals surface area contributed by atoms with E-state index in [0.717, 1.165) is 19.3 Å². The lowest BCUT2D eigenvalue weighted by Crippen LogP contribution is -2.24. The molecule has 0 aromatic rings. The summed E-state index contributed by atoms with van der Waals surface area (Å²) in [6.45, 7) is 14.8. The Morgan fingerprint density at radius 3 is 1.00 bits per heavy atom. The van der Waals surface area contributed by atoms with E-state index < -0.39 is 6.48 Å². The standard InChI is InChI=1S/C16H34O3/c1-13(2)7-10-17-16(18-11-8-14(3)4)19-12-9-15(5)6/h13-16H,7-12H2,1-6H3. The average Bonchev–Trinajstić information content (AvgIpc) is 2.26. The summed E-state index contributed by atoms with van der Waals surface area (Å²) >= 11 is 0. The third-order valence-electron chi connectivity index (χ3n) is 2.85. The molecule has 0 saturated heterocycles. The summed E-state index contributed by atoms with van der Waals surface area (Å²) in [5.41, 5.74) is 0. The van der Waals surface area contributed by atoms with Gasteiger partial charge in [0.2, 0.25) is 0 Å². The van der Waals surface area contributed by atoms with Crippen molar-refractivity contribution in [1.29, 1.82) is 0 Å². The van der Waals surface area contributed by atoms with Gasteiger partial charge >= 0.3 is 0 Å². The van der Waals surface area contributed by atoms with Crippen molar-refractivity contribution in [2.75, 3.05) is 19.8 Å². The van der Waals surface area contributed by atoms with Gasteiger partial charge in [0.1, 0.15) is 0 Å². The third-order valence-corrected chi connectivity index (χ3v) is 2.85. The van der Waals surface area contributed by atoms with Crippen LogP contribution in [0.5, 0.6) is 0 Å². The van der Waals surface area contributed by atoms with E-state index in [2.05, 4.69) is 41.5 Å². The second-order valence-corrected chi connectivity index (χ2v) is 6.45. The van der Waals surface area contributed by atoms with Crippen molar-refractivity contribution in [2.24, 2.45) is 17.8 Å². The second-order valence-electron chi connectivity index (χ2n) is 6.45. The zero-order valence-corrected chi connectivity index (χ0v) is 13.8. The molecule has 0 unspecified atom stereocenters. The summed E-state index contributed by atoms with van der Waals surface area (Å²) in [4.78, 5) is 0. The highest BCUT2D eigenvalue weighted by Gasteiger charge is 2.11. The fourth-order valence-corrected chi connectivity index (χ4v) is 1.34. The van der Waals surface area contributed by atoms with Crippen LogP contribution >= 0.6 is 0 Å². The van der Waals surface area contributed by atoms with Crippen LogP contribution in [-0.4, -0.2) is 26.3 Å². The van der Waals surface area contributed by atoms with Crippen LogP contribution in [-0.2, 0) is 14.2 Å². The molecule has 0 atom stereocenters. The van der Waals surface area contributed by atoms with Crippen LogP contribution < -0.4 is 0 Å². The molecule has 116 valence electrons. The largest absolute Gasteiger partial charge is 0.330 e. The Labute approximate surface area is 120 Å². The number of hydrogen-bond donors (Lipinski definition) is 0. The van der Waals surface area contributed by atoms with E-state index in [-0.39, 0.29) is 0 Å². The van der Waals surface area contributed by atoms with Crippen LogP contribution in [0, 0.1) is 17.8 Å². The molecule has 0 aromatic heterocycles. The van der Waals surface area contributed by atoms with Gasteiger partial charge in [0.05, 0.1) is 19.8 Å². The maximum atomic E-state index is 5.67. The minimum atomic E-state index is -0.490. The molecule has 0 spiro atoms. The minimum absolute atomic E-state index is 0.490. The highest BCUT2D eigenvalue weighted by molar-refractivity contribution is 4.46. The third kappa shape index (κ3) is 14.1. The van der Waals surface area contributed by atoms with Gasteiger partial charge < -0.3 is 14.2 Å². The molecule has 0 aromatic carbocycles. The molecule has 0 N–H and O–H groups in total. The molecule has 19 heavy (non-hydrogen) atoms. The summed E-state index contributed by atoms with van der Waals surface area (Å²) in [7, 11) is 0. The van der Waals surface area contributed by atoms with E-state index >= 15 is 0 Å². The summed E-state index contributed by atoms with van der Waals surface area (Å²) in [6.07, 6.45) is 3.12. The van der Waals surface area contributed by atoms with Crippen LogP contribution in [0.25, 0.3) is 0 Å². The lowest BCUT2D eigenvalue weighted by atomic mass is 10.1. The van der Waals surface area contributed by atoms with E-state index in [9.17, 15) is 0 Å². The fraction of sp³-hybridized carbons (Fsp3) is 1.00. The molecule has 3 heteroatoms. The molecule has 0 aliphatic rings. The molecule has 0 saturated carbocycles. The summed E-state index contributed by atoms with van der Waals surface area (Å²) in [6, 6.07) is 0. The Balaban J connectivity index is 3.85. The lowest BCUT2D eigenvalue weighted by molar-refractivity contribution is -0.290. The number of ether oxygens (including phenoxy) is 3. The highest BCUT2D eigenvalue weighted by Crippen LogP contribution is 2.08. The van der Waals surface area contributed by atoms with Gasteiger partial charge in [0.25, 0.3) is 6.48 Å². The molecule has 0 fully saturated rings. The summed E-state index contributed by atoms with van der Waals surface area (Å²) in [5.74, 6) is 1.94. The first-order valence-corrected chi connectivity index (χ1v) is 7.76. The molecule has 0 aliphatic heterocycles. The average molecular weight is 274 g/mol. The predicted molar refractivity (Wildman–Crippen MR) is 80.0 cm³/mol. The van der Waals surface area contributed by atoms with Gasteiger partial charge in [-0.25, -0.2) is 0 Å². The van der Waals surface area contributed by atoms with Crippen LogP contribution in [0.15, 0.2) is 0 Å². The van der Waals surface area contributed by atoms with Crippen molar-refractivity contribution in [2.45, 2.75) is 67.3 Å². The molecular weight excluding hydrogens is 240 g/mol. The van der Waals surface area contributed by atoms with Crippen molar-refractivity contribution in [3.05, 3.63) is 0 Å². The first-order chi connectivity index (χ1) is 8.91. The normalized spacial score (nSPS) is 12.3.